The summed E-state index contributed by atoms with van der Waals surface area (Å²) in [5.41, 5.74) is 1.70. The third-order valence-electron chi connectivity index (χ3n) is 2.82. The molecule has 17 heavy (non-hydrogen) atoms. The molecule has 2 aromatic rings. The van der Waals surface area contributed by atoms with Gasteiger partial charge in [0.2, 0.25) is 0 Å². The molecule has 0 aliphatic carbocycles. The van der Waals surface area contributed by atoms with Gasteiger partial charge in [-0.1, -0.05) is 11.6 Å². The predicted molar refractivity (Wildman–Crippen MR) is 64.8 cm³/mol. The molecule has 6 heteroatoms. The molecule has 0 fully saturated rings. The van der Waals surface area contributed by atoms with Gasteiger partial charge in [0, 0.05) is 38.5 Å². The Bertz CT molecular complexity index is 532. The van der Waals surface area contributed by atoms with Gasteiger partial charge in [0.25, 0.3) is 0 Å². The first-order valence-corrected chi connectivity index (χ1v) is 5.71. The summed E-state index contributed by atoms with van der Waals surface area (Å²) in [6, 6.07) is 0. The maximum Gasteiger partial charge on any atom is 0.137 e. The average molecular weight is 255 g/mol. The molecule has 5 nitrogen and oxygen atoms in total. The van der Waals surface area contributed by atoms with Crippen molar-refractivity contribution in [1.82, 2.24) is 19.3 Å². The van der Waals surface area contributed by atoms with E-state index in [2.05, 4.69) is 10.1 Å². The zero-order valence-corrected chi connectivity index (χ0v) is 10.8. The lowest BCUT2D eigenvalue weighted by Gasteiger charge is -2.10. The van der Waals surface area contributed by atoms with Crippen LogP contribution in [0.1, 0.15) is 23.2 Å². The first-order chi connectivity index (χ1) is 8.00. The van der Waals surface area contributed by atoms with Crippen LogP contribution in [0.2, 0.25) is 5.15 Å². The summed E-state index contributed by atoms with van der Waals surface area (Å²) in [6.45, 7) is 1.88. The van der Waals surface area contributed by atoms with E-state index < -0.39 is 6.10 Å². The molecule has 2 heterocycles. The zero-order chi connectivity index (χ0) is 12.6. The molecule has 1 unspecified atom stereocenters. The number of nitrogens with zero attached hydrogens (tertiary/aromatic N) is 4. The summed E-state index contributed by atoms with van der Waals surface area (Å²) < 4.78 is 3.40. The first kappa shape index (κ1) is 12.1. The summed E-state index contributed by atoms with van der Waals surface area (Å²) in [6.07, 6.45) is 3.21. The number of aliphatic hydroxyl groups is 1. The maximum absolute atomic E-state index is 10.1. The second-order valence-electron chi connectivity index (χ2n) is 4.09. The van der Waals surface area contributed by atoms with Gasteiger partial charge < -0.3 is 9.67 Å². The highest BCUT2D eigenvalue weighted by Gasteiger charge is 2.19. The highest BCUT2D eigenvalue weighted by molar-refractivity contribution is 6.30. The Kier molecular flexibility index (Phi) is 3.22. The minimum atomic E-state index is -0.671. The Labute approximate surface area is 105 Å². The number of hydrogen-bond donors (Lipinski definition) is 1. The van der Waals surface area contributed by atoms with Crippen molar-refractivity contribution in [3.63, 3.8) is 0 Å². The van der Waals surface area contributed by atoms with Crippen LogP contribution in [0.25, 0.3) is 0 Å². The number of aromatic nitrogens is 4. The van der Waals surface area contributed by atoms with Gasteiger partial charge in [-0.05, 0) is 6.92 Å². The molecule has 0 bridgehead atoms. The van der Waals surface area contributed by atoms with Gasteiger partial charge in [-0.2, -0.15) is 5.10 Å². The van der Waals surface area contributed by atoms with Crippen molar-refractivity contribution in [1.29, 1.82) is 0 Å². The second-order valence-corrected chi connectivity index (χ2v) is 4.45. The van der Waals surface area contributed by atoms with Crippen LogP contribution in [-0.4, -0.2) is 24.4 Å². The quantitative estimate of drug-likeness (QED) is 0.901. The fourth-order valence-electron chi connectivity index (χ4n) is 1.89. The van der Waals surface area contributed by atoms with E-state index >= 15 is 0 Å². The molecule has 0 amide bonds. The van der Waals surface area contributed by atoms with Gasteiger partial charge >= 0.3 is 0 Å². The summed E-state index contributed by atoms with van der Waals surface area (Å²) in [5.74, 6) is 0.629. The topological polar surface area (TPSA) is 55.9 Å². The molecule has 0 aliphatic heterocycles. The molecule has 0 saturated carbocycles. The van der Waals surface area contributed by atoms with E-state index in [-0.39, 0.29) is 0 Å². The Balaban J connectivity index is 2.24. The van der Waals surface area contributed by atoms with E-state index in [1.165, 1.54) is 0 Å². The molecule has 92 valence electrons. The van der Waals surface area contributed by atoms with Crippen molar-refractivity contribution in [2.75, 3.05) is 0 Å². The molecule has 1 N–H and O–H groups in total. The number of imidazole rings is 1. The van der Waals surface area contributed by atoms with Gasteiger partial charge in [-0.15, -0.1) is 0 Å². The summed E-state index contributed by atoms with van der Waals surface area (Å²) in [5, 5.41) is 14.9. The van der Waals surface area contributed by atoms with Crippen LogP contribution in [-0.2, 0) is 20.5 Å². The van der Waals surface area contributed by atoms with E-state index in [0.717, 1.165) is 11.3 Å². The molecular weight excluding hydrogens is 240 g/mol. The van der Waals surface area contributed by atoms with Crippen molar-refractivity contribution in [2.24, 2.45) is 14.1 Å². The van der Waals surface area contributed by atoms with Crippen LogP contribution < -0.4 is 0 Å². The SMILES string of the molecule is Cc1nn(C)c(Cl)c1CC(O)c1nccn1C. The largest absolute Gasteiger partial charge is 0.385 e. The second kappa shape index (κ2) is 4.50. The molecular formula is C11H15ClN4O. The highest BCUT2D eigenvalue weighted by Crippen LogP contribution is 2.24. The predicted octanol–water partition coefficient (Wildman–Crippen LogP) is 1.39. The van der Waals surface area contributed by atoms with Crippen LogP contribution in [0.3, 0.4) is 0 Å². The summed E-state index contributed by atoms with van der Waals surface area (Å²) >= 11 is 6.12. The normalized spacial score (nSPS) is 13.0. The molecule has 0 aromatic carbocycles. The zero-order valence-electron chi connectivity index (χ0n) is 10.1. The molecule has 2 aromatic heterocycles. The van der Waals surface area contributed by atoms with Crippen LogP contribution >= 0.6 is 11.6 Å². The maximum atomic E-state index is 10.1. The molecule has 2 rings (SSSR count). The lowest BCUT2D eigenvalue weighted by molar-refractivity contribution is 0.165. The first-order valence-electron chi connectivity index (χ1n) is 5.34. The van der Waals surface area contributed by atoms with Crippen molar-refractivity contribution < 1.29 is 5.11 Å². The number of aliphatic hydroxyl groups excluding tert-OH is 1. The van der Waals surface area contributed by atoms with Gasteiger partial charge in [0.05, 0.1) is 5.69 Å². The van der Waals surface area contributed by atoms with E-state index in [9.17, 15) is 5.11 Å². The Morgan fingerprint density at radius 2 is 2.18 bits per heavy atom. The highest BCUT2D eigenvalue weighted by atomic mass is 35.5. The Morgan fingerprint density at radius 3 is 2.65 bits per heavy atom. The lowest BCUT2D eigenvalue weighted by atomic mass is 10.1. The van der Waals surface area contributed by atoms with E-state index in [1.54, 1.807) is 28.7 Å². The minimum Gasteiger partial charge on any atom is -0.385 e. The summed E-state index contributed by atoms with van der Waals surface area (Å²) in [7, 11) is 3.63. The van der Waals surface area contributed by atoms with Crippen molar-refractivity contribution >= 4 is 11.6 Å². The van der Waals surface area contributed by atoms with Gasteiger partial charge in [0.1, 0.15) is 17.1 Å². The standard InChI is InChI=1S/C11H15ClN4O/c1-7-8(10(12)16(3)14-7)6-9(17)11-13-4-5-15(11)2/h4-5,9,17H,6H2,1-3H3. The van der Waals surface area contributed by atoms with Crippen molar-refractivity contribution in [3.8, 4) is 0 Å². The lowest BCUT2D eigenvalue weighted by Crippen LogP contribution is -2.09. The van der Waals surface area contributed by atoms with Crippen LogP contribution in [0, 0.1) is 6.92 Å². The molecule has 0 spiro atoms. The fraction of sp³-hybridized carbons (Fsp3) is 0.455. The van der Waals surface area contributed by atoms with Gasteiger partial charge in [-0.3, -0.25) is 4.68 Å². The number of aryl methyl sites for hydroxylation is 3. The monoisotopic (exact) mass is 254 g/mol. The third-order valence-corrected chi connectivity index (χ3v) is 3.30. The van der Waals surface area contributed by atoms with E-state index in [0.29, 0.717) is 17.4 Å². The Morgan fingerprint density at radius 1 is 1.47 bits per heavy atom. The van der Waals surface area contributed by atoms with E-state index in [4.69, 9.17) is 11.6 Å². The van der Waals surface area contributed by atoms with E-state index in [1.807, 2.05) is 14.0 Å². The van der Waals surface area contributed by atoms with Crippen LogP contribution in [0.15, 0.2) is 12.4 Å². The molecule has 0 radical (unpaired) electrons. The minimum absolute atomic E-state index is 0.420. The van der Waals surface area contributed by atoms with Crippen molar-refractivity contribution in [3.05, 3.63) is 34.6 Å². The van der Waals surface area contributed by atoms with Gasteiger partial charge in [-0.25, -0.2) is 4.98 Å². The summed E-state index contributed by atoms with van der Waals surface area (Å²) in [4.78, 5) is 4.12. The number of halogens is 1. The average Bonchev–Trinajstić information content (AvgIpc) is 2.78. The smallest absolute Gasteiger partial charge is 0.137 e. The molecule has 1 atom stereocenters. The van der Waals surface area contributed by atoms with Gasteiger partial charge in [0.15, 0.2) is 0 Å². The molecule has 0 aliphatic rings. The Hall–Kier alpha value is -1.33. The van der Waals surface area contributed by atoms with Crippen molar-refractivity contribution in [2.45, 2.75) is 19.4 Å². The number of hydrogen-bond acceptors (Lipinski definition) is 3. The third kappa shape index (κ3) is 2.21. The fourth-order valence-corrected chi connectivity index (χ4v) is 2.14. The van der Waals surface area contributed by atoms with Crippen LogP contribution in [0.5, 0.6) is 0 Å². The molecule has 0 saturated heterocycles. The van der Waals surface area contributed by atoms with Crippen LogP contribution in [0.4, 0.5) is 0 Å². The number of rotatable bonds is 3.